The first kappa shape index (κ1) is 28.8. The first-order valence-corrected chi connectivity index (χ1v) is 14.0. The fourth-order valence-corrected chi connectivity index (χ4v) is 6.43. The van der Waals surface area contributed by atoms with Gasteiger partial charge in [0.1, 0.15) is 17.7 Å². The summed E-state index contributed by atoms with van der Waals surface area (Å²) in [4.78, 5) is 41.8. The van der Waals surface area contributed by atoms with Crippen LogP contribution in [0.3, 0.4) is 0 Å². The number of hydrogen-bond donors (Lipinski definition) is 1. The Labute approximate surface area is 238 Å². The summed E-state index contributed by atoms with van der Waals surface area (Å²) in [6, 6.07) is 14.6. The summed E-state index contributed by atoms with van der Waals surface area (Å²) >= 11 is 0. The van der Waals surface area contributed by atoms with Crippen molar-refractivity contribution in [3.8, 4) is 11.1 Å². The Morgan fingerprint density at radius 3 is 2.02 bits per heavy atom. The number of piperidine rings is 1. The minimum atomic E-state index is -3.01. The van der Waals surface area contributed by atoms with Crippen LogP contribution in [0.15, 0.2) is 48.5 Å². The van der Waals surface area contributed by atoms with E-state index in [9.17, 15) is 28.3 Å². The molecule has 1 N–H and O–H groups in total. The number of alkyl halides is 2. The Morgan fingerprint density at radius 1 is 0.976 bits per heavy atom. The number of rotatable bonds is 5. The standard InChI is InChI=1S/C31H36F2N2O6/c1-29(2,3)41-27(38)34-16-14-30(15-17-34,26(36)37)35(20-12-13-31(32,33)18-20)28(39)40-19-25-23-10-6-4-8-21(23)22-9-5-7-11-24(22)25/h4-11,20,25H,12-19H2,1-3H3,(H,36,37). The van der Waals surface area contributed by atoms with Crippen molar-refractivity contribution >= 4 is 18.2 Å². The number of halogens is 2. The van der Waals surface area contributed by atoms with Crippen LogP contribution < -0.4 is 0 Å². The Balaban J connectivity index is 1.40. The molecule has 2 aromatic carbocycles. The van der Waals surface area contributed by atoms with Gasteiger partial charge in [-0.1, -0.05) is 48.5 Å². The third kappa shape index (κ3) is 5.61. The molecule has 0 bridgehead atoms. The lowest BCUT2D eigenvalue weighted by atomic mass is 9.84. The minimum absolute atomic E-state index is 0.00250. The predicted octanol–water partition coefficient (Wildman–Crippen LogP) is 6.28. The Hall–Kier alpha value is -3.69. The molecular formula is C31H36F2N2O6. The second-order valence-electron chi connectivity index (χ2n) is 12.2. The van der Waals surface area contributed by atoms with E-state index in [1.165, 1.54) is 4.90 Å². The topological polar surface area (TPSA) is 96.4 Å². The summed E-state index contributed by atoms with van der Waals surface area (Å²) in [5.74, 6) is -4.58. The van der Waals surface area contributed by atoms with Crippen molar-refractivity contribution in [2.24, 2.45) is 0 Å². The van der Waals surface area contributed by atoms with Crippen LogP contribution in [0.5, 0.6) is 0 Å². The highest BCUT2D eigenvalue weighted by Gasteiger charge is 2.56. The normalized spacial score (nSPS) is 21.1. The maximum Gasteiger partial charge on any atom is 0.411 e. The van der Waals surface area contributed by atoms with Crippen molar-refractivity contribution in [2.75, 3.05) is 19.7 Å². The number of hydrogen-bond acceptors (Lipinski definition) is 5. The number of ether oxygens (including phenoxy) is 2. The van der Waals surface area contributed by atoms with Gasteiger partial charge < -0.3 is 19.5 Å². The zero-order chi connectivity index (χ0) is 29.6. The zero-order valence-corrected chi connectivity index (χ0v) is 23.6. The zero-order valence-electron chi connectivity index (χ0n) is 23.6. The van der Waals surface area contributed by atoms with Crippen LogP contribution in [-0.4, -0.2) is 75.9 Å². The molecule has 0 spiro atoms. The average molecular weight is 571 g/mol. The van der Waals surface area contributed by atoms with Gasteiger partial charge in [-0.3, -0.25) is 4.90 Å². The van der Waals surface area contributed by atoms with E-state index >= 15 is 0 Å². The van der Waals surface area contributed by atoms with Crippen molar-refractivity contribution in [2.45, 2.75) is 81.9 Å². The summed E-state index contributed by atoms with van der Waals surface area (Å²) in [6.07, 6.45) is -2.89. The lowest BCUT2D eigenvalue weighted by Gasteiger charge is -2.47. The molecule has 220 valence electrons. The van der Waals surface area contributed by atoms with Gasteiger partial charge in [0.25, 0.3) is 0 Å². The van der Waals surface area contributed by atoms with Crippen molar-refractivity contribution in [3.63, 3.8) is 0 Å². The fraction of sp³-hybridized carbons (Fsp3) is 0.516. The lowest BCUT2D eigenvalue weighted by Crippen LogP contribution is -2.65. The summed E-state index contributed by atoms with van der Waals surface area (Å²) < 4.78 is 40.1. The number of fused-ring (bicyclic) bond motifs is 3. The number of benzene rings is 2. The summed E-state index contributed by atoms with van der Waals surface area (Å²) in [5, 5.41) is 10.5. The highest BCUT2D eigenvalue weighted by Crippen LogP contribution is 2.46. The maximum atomic E-state index is 14.4. The molecule has 1 heterocycles. The van der Waals surface area contributed by atoms with Gasteiger partial charge in [-0.05, 0) is 62.3 Å². The van der Waals surface area contributed by atoms with E-state index < -0.39 is 54.1 Å². The Bertz CT molecular complexity index is 1290. The van der Waals surface area contributed by atoms with Gasteiger partial charge in [0.05, 0.1) is 0 Å². The van der Waals surface area contributed by atoms with Gasteiger partial charge in [-0.25, -0.2) is 23.2 Å². The number of carboxylic acid groups (broad SMARTS) is 1. The molecule has 0 radical (unpaired) electrons. The molecule has 8 nitrogen and oxygen atoms in total. The molecule has 1 saturated carbocycles. The number of likely N-dealkylation sites (tertiary alicyclic amines) is 1. The Morgan fingerprint density at radius 2 is 1.54 bits per heavy atom. The van der Waals surface area contributed by atoms with Crippen molar-refractivity contribution in [1.82, 2.24) is 9.80 Å². The number of carbonyl (C=O) groups is 3. The fourth-order valence-electron chi connectivity index (χ4n) is 6.43. The van der Waals surface area contributed by atoms with E-state index in [1.807, 2.05) is 48.5 Å². The number of nitrogens with zero attached hydrogens (tertiary/aromatic N) is 2. The molecule has 1 aliphatic heterocycles. The second kappa shape index (κ2) is 10.6. The molecule has 2 fully saturated rings. The van der Waals surface area contributed by atoms with Crippen molar-refractivity contribution in [3.05, 3.63) is 59.7 Å². The molecule has 2 amide bonds. The van der Waals surface area contributed by atoms with Gasteiger partial charge in [0, 0.05) is 37.9 Å². The Kier molecular flexibility index (Phi) is 7.46. The molecular weight excluding hydrogens is 534 g/mol. The van der Waals surface area contributed by atoms with Crippen LogP contribution >= 0.6 is 0 Å². The van der Waals surface area contributed by atoms with Crippen molar-refractivity contribution in [1.29, 1.82) is 0 Å². The van der Waals surface area contributed by atoms with E-state index in [1.54, 1.807) is 20.8 Å². The van der Waals surface area contributed by atoms with Crippen LogP contribution in [0, 0.1) is 0 Å². The molecule has 1 saturated heterocycles. The largest absolute Gasteiger partial charge is 0.479 e. The average Bonchev–Trinajstić information content (AvgIpc) is 3.43. The molecule has 1 atom stereocenters. The minimum Gasteiger partial charge on any atom is -0.479 e. The monoisotopic (exact) mass is 570 g/mol. The predicted molar refractivity (Wildman–Crippen MR) is 147 cm³/mol. The summed E-state index contributed by atoms with van der Waals surface area (Å²) in [7, 11) is 0. The highest BCUT2D eigenvalue weighted by molar-refractivity contribution is 5.85. The molecule has 3 aliphatic rings. The van der Waals surface area contributed by atoms with Crippen LogP contribution in [-0.2, 0) is 14.3 Å². The van der Waals surface area contributed by atoms with E-state index in [2.05, 4.69) is 0 Å². The first-order chi connectivity index (χ1) is 19.3. The van der Waals surface area contributed by atoms with Crippen LogP contribution in [0.1, 0.15) is 69.9 Å². The lowest BCUT2D eigenvalue weighted by molar-refractivity contribution is -0.156. The quantitative estimate of drug-likeness (QED) is 0.455. The third-order valence-corrected chi connectivity index (χ3v) is 8.38. The third-order valence-electron chi connectivity index (χ3n) is 8.38. The van der Waals surface area contributed by atoms with E-state index in [-0.39, 0.29) is 44.9 Å². The van der Waals surface area contributed by atoms with Gasteiger partial charge in [0.15, 0.2) is 0 Å². The van der Waals surface area contributed by atoms with Crippen LogP contribution in [0.2, 0.25) is 0 Å². The van der Waals surface area contributed by atoms with Gasteiger partial charge in [-0.15, -0.1) is 0 Å². The van der Waals surface area contributed by atoms with Gasteiger partial charge >= 0.3 is 18.2 Å². The molecule has 2 aliphatic carbocycles. The smallest absolute Gasteiger partial charge is 0.411 e. The van der Waals surface area contributed by atoms with E-state index in [4.69, 9.17) is 9.47 Å². The van der Waals surface area contributed by atoms with E-state index in [0.29, 0.717) is 0 Å². The summed E-state index contributed by atoms with van der Waals surface area (Å²) in [6.45, 7) is 5.13. The second-order valence-corrected chi connectivity index (χ2v) is 12.2. The molecule has 5 rings (SSSR count). The highest BCUT2D eigenvalue weighted by atomic mass is 19.3. The van der Waals surface area contributed by atoms with Gasteiger partial charge in [0.2, 0.25) is 5.92 Å². The number of carbonyl (C=O) groups excluding carboxylic acids is 2. The summed E-state index contributed by atoms with van der Waals surface area (Å²) in [5.41, 5.74) is 1.51. The van der Waals surface area contributed by atoms with Crippen LogP contribution in [0.4, 0.5) is 18.4 Å². The number of amides is 2. The molecule has 1 unspecified atom stereocenters. The van der Waals surface area contributed by atoms with Gasteiger partial charge in [-0.2, -0.15) is 0 Å². The van der Waals surface area contributed by atoms with Crippen LogP contribution in [0.25, 0.3) is 11.1 Å². The molecule has 41 heavy (non-hydrogen) atoms. The molecule has 2 aromatic rings. The maximum absolute atomic E-state index is 14.4. The first-order valence-electron chi connectivity index (χ1n) is 14.0. The van der Waals surface area contributed by atoms with E-state index in [0.717, 1.165) is 27.2 Å². The number of carboxylic acids is 1. The van der Waals surface area contributed by atoms with Crippen molar-refractivity contribution < 1.29 is 37.7 Å². The molecule has 0 aromatic heterocycles. The SMILES string of the molecule is CC(C)(C)OC(=O)N1CCC(C(=O)O)(N(C(=O)OCC2c3ccccc3-c3ccccc32)C2CCC(F)(F)C2)CC1. The molecule has 10 heteroatoms. The number of aliphatic carboxylic acids is 1.